The first-order valence-electron chi connectivity index (χ1n) is 7.42. The van der Waals surface area contributed by atoms with Crippen LogP contribution in [0.15, 0.2) is 24.7 Å². The predicted molar refractivity (Wildman–Crippen MR) is 87.4 cm³/mol. The molecule has 7 nitrogen and oxygen atoms in total. The zero-order chi connectivity index (χ0) is 15.5. The summed E-state index contributed by atoms with van der Waals surface area (Å²) in [5, 5.41) is 3.40. The molecule has 22 heavy (non-hydrogen) atoms. The van der Waals surface area contributed by atoms with E-state index >= 15 is 0 Å². The summed E-state index contributed by atoms with van der Waals surface area (Å²) in [6, 6.07) is 4.25. The van der Waals surface area contributed by atoms with Crippen molar-refractivity contribution in [3.8, 4) is 0 Å². The number of hydrogen-bond donors (Lipinski definition) is 1. The minimum atomic E-state index is 0.333. The van der Waals surface area contributed by atoms with Gasteiger partial charge in [-0.3, -0.25) is 0 Å². The van der Waals surface area contributed by atoms with Crippen LogP contribution in [0.5, 0.6) is 0 Å². The first-order valence-corrected chi connectivity index (χ1v) is 7.42. The SMILES string of the molecule is Cc1ccnc(NC2CCN(c3cc(N(C)C)ncn3)C2)n1. The topological polar surface area (TPSA) is 70.1 Å². The molecule has 0 saturated carbocycles. The lowest BCUT2D eigenvalue weighted by Gasteiger charge is -2.19. The van der Waals surface area contributed by atoms with Crippen LogP contribution in [0.2, 0.25) is 0 Å². The van der Waals surface area contributed by atoms with Crippen LogP contribution in [0, 0.1) is 6.92 Å². The van der Waals surface area contributed by atoms with Crippen molar-refractivity contribution in [2.75, 3.05) is 42.3 Å². The minimum Gasteiger partial charge on any atom is -0.363 e. The number of anilines is 3. The van der Waals surface area contributed by atoms with Crippen molar-refractivity contribution in [3.63, 3.8) is 0 Å². The standard InChI is InChI=1S/C15H21N7/c1-11-4-6-16-15(19-11)20-12-5-7-22(9-12)14-8-13(21(2)3)17-10-18-14/h4,6,8,10,12H,5,7,9H2,1-3H3,(H,16,19,20). The summed E-state index contributed by atoms with van der Waals surface area (Å²) >= 11 is 0. The molecule has 1 saturated heterocycles. The van der Waals surface area contributed by atoms with Gasteiger partial charge in [-0.2, -0.15) is 0 Å². The normalized spacial score (nSPS) is 17.6. The van der Waals surface area contributed by atoms with Crippen molar-refractivity contribution in [1.29, 1.82) is 0 Å². The van der Waals surface area contributed by atoms with Gasteiger partial charge in [-0.1, -0.05) is 0 Å². The fourth-order valence-electron chi connectivity index (χ4n) is 2.54. The van der Waals surface area contributed by atoms with Gasteiger partial charge in [-0.05, 0) is 19.4 Å². The van der Waals surface area contributed by atoms with Gasteiger partial charge < -0.3 is 15.1 Å². The molecule has 1 atom stereocenters. The number of aromatic nitrogens is 4. The molecular formula is C15H21N7. The average molecular weight is 299 g/mol. The molecule has 0 aliphatic carbocycles. The molecule has 3 rings (SSSR count). The van der Waals surface area contributed by atoms with E-state index in [2.05, 4.69) is 30.2 Å². The summed E-state index contributed by atoms with van der Waals surface area (Å²) in [6.07, 6.45) is 4.44. The molecule has 2 aromatic heterocycles. The molecule has 7 heteroatoms. The summed E-state index contributed by atoms with van der Waals surface area (Å²) in [5.41, 5.74) is 0.971. The maximum absolute atomic E-state index is 4.40. The van der Waals surface area contributed by atoms with E-state index in [1.54, 1.807) is 12.5 Å². The van der Waals surface area contributed by atoms with Gasteiger partial charge in [0.1, 0.15) is 18.0 Å². The highest BCUT2D eigenvalue weighted by molar-refractivity contribution is 5.50. The first kappa shape index (κ1) is 14.5. The second-order valence-corrected chi connectivity index (χ2v) is 5.73. The first-order chi connectivity index (χ1) is 10.6. The summed E-state index contributed by atoms with van der Waals surface area (Å²) in [7, 11) is 3.96. The Bertz CT molecular complexity index is 643. The number of aryl methyl sites for hydroxylation is 1. The van der Waals surface area contributed by atoms with Crippen LogP contribution in [0.25, 0.3) is 0 Å². The second-order valence-electron chi connectivity index (χ2n) is 5.73. The quantitative estimate of drug-likeness (QED) is 0.913. The van der Waals surface area contributed by atoms with Gasteiger partial charge in [-0.15, -0.1) is 0 Å². The van der Waals surface area contributed by atoms with Crippen molar-refractivity contribution in [2.24, 2.45) is 0 Å². The lowest BCUT2D eigenvalue weighted by molar-refractivity contribution is 0.789. The van der Waals surface area contributed by atoms with Crippen LogP contribution in [-0.4, -0.2) is 53.2 Å². The molecular weight excluding hydrogens is 278 g/mol. The van der Waals surface area contributed by atoms with E-state index in [0.717, 1.165) is 36.8 Å². The summed E-state index contributed by atoms with van der Waals surface area (Å²) < 4.78 is 0. The highest BCUT2D eigenvalue weighted by Gasteiger charge is 2.24. The van der Waals surface area contributed by atoms with Gasteiger partial charge in [0, 0.05) is 51.2 Å². The van der Waals surface area contributed by atoms with Crippen molar-refractivity contribution in [3.05, 3.63) is 30.4 Å². The molecule has 0 bridgehead atoms. The molecule has 0 radical (unpaired) electrons. The Labute approximate surface area is 130 Å². The van der Waals surface area contributed by atoms with Crippen molar-refractivity contribution in [1.82, 2.24) is 19.9 Å². The molecule has 1 N–H and O–H groups in total. The zero-order valence-corrected chi connectivity index (χ0v) is 13.2. The van der Waals surface area contributed by atoms with E-state index in [4.69, 9.17) is 0 Å². The van der Waals surface area contributed by atoms with Crippen LogP contribution in [0.4, 0.5) is 17.6 Å². The molecule has 0 amide bonds. The van der Waals surface area contributed by atoms with E-state index in [1.807, 2.05) is 38.1 Å². The van der Waals surface area contributed by atoms with Crippen LogP contribution in [-0.2, 0) is 0 Å². The van der Waals surface area contributed by atoms with Crippen molar-refractivity contribution in [2.45, 2.75) is 19.4 Å². The molecule has 1 aliphatic heterocycles. The fraction of sp³-hybridized carbons (Fsp3) is 0.467. The van der Waals surface area contributed by atoms with Gasteiger partial charge in [-0.25, -0.2) is 19.9 Å². The summed E-state index contributed by atoms with van der Waals surface area (Å²) in [6.45, 7) is 3.83. The van der Waals surface area contributed by atoms with Crippen LogP contribution in [0.3, 0.4) is 0 Å². The van der Waals surface area contributed by atoms with Gasteiger partial charge in [0.25, 0.3) is 0 Å². The summed E-state index contributed by atoms with van der Waals surface area (Å²) in [5.74, 6) is 2.58. The third kappa shape index (κ3) is 3.24. The Balaban J connectivity index is 1.66. The zero-order valence-electron chi connectivity index (χ0n) is 13.2. The molecule has 2 aromatic rings. The van der Waals surface area contributed by atoms with Crippen LogP contribution >= 0.6 is 0 Å². The lowest BCUT2D eigenvalue weighted by atomic mass is 10.3. The van der Waals surface area contributed by atoms with Gasteiger partial charge in [0.05, 0.1) is 0 Å². The highest BCUT2D eigenvalue weighted by atomic mass is 15.3. The smallest absolute Gasteiger partial charge is 0.223 e. The molecule has 0 aromatic carbocycles. The lowest BCUT2D eigenvalue weighted by Crippen LogP contribution is -2.27. The Morgan fingerprint density at radius 1 is 1.27 bits per heavy atom. The van der Waals surface area contributed by atoms with Crippen LogP contribution < -0.4 is 15.1 Å². The molecule has 0 spiro atoms. The minimum absolute atomic E-state index is 0.333. The molecule has 1 unspecified atom stereocenters. The number of nitrogens with zero attached hydrogens (tertiary/aromatic N) is 6. The Morgan fingerprint density at radius 3 is 2.91 bits per heavy atom. The Hall–Kier alpha value is -2.44. The third-order valence-electron chi connectivity index (χ3n) is 3.74. The molecule has 1 aliphatic rings. The second kappa shape index (κ2) is 6.13. The highest BCUT2D eigenvalue weighted by Crippen LogP contribution is 2.22. The van der Waals surface area contributed by atoms with E-state index in [9.17, 15) is 0 Å². The fourth-order valence-corrected chi connectivity index (χ4v) is 2.54. The van der Waals surface area contributed by atoms with Crippen molar-refractivity contribution < 1.29 is 0 Å². The van der Waals surface area contributed by atoms with Crippen molar-refractivity contribution >= 4 is 17.6 Å². The number of hydrogen-bond acceptors (Lipinski definition) is 7. The van der Waals surface area contributed by atoms with Crippen LogP contribution in [0.1, 0.15) is 12.1 Å². The predicted octanol–water partition coefficient (Wildman–Crippen LogP) is 1.33. The number of rotatable bonds is 4. The molecule has 1 fully saturated rings. The van der Waals surface area contributed by atoms with E-state index in [0.29, 0.717) is 12.0 Å². The monoisotopic (exact) mass is 299 g/mol. The van der Waals surface area contributed by atoms with Gasteiger partial charge >= 0.3 is 0 Å². The Kier molecular flexibility index (Phi) is 4.04. The maximum atomic E-state index is 4.40. The maximum Gasteiger partial charge on any atom is 0.223 e. The van der Waals surface area contributed by atoms with Gasteiger partial charge in [0.15, 0.2) is 0 Å². The molecule has 116 valence electrons. The van der Waals surface area contributed by atoms with E-state index < -0.39 is 0 Å². The Morgan fingerprint density at radius 2 is 2.14 bits per heavy atom. The van der Waals surface area contributed by atoms with E-state index in [1.165, 1.54) is 0 Å². The average Bonchev–Trinajstić information content (AvgIpc) is 2.96. The molecule has 3 heterocycles. The number of nitrogens with one attached hydrogen (secondary N) is 1. The summed E-state index contributed by atoms with van der Waals surface area (Å²) in [4.78, 5) is 21.6. The third-order valence-corrected chi connectivity index (χ3v) is 3.74. The van der Waals surface area contributed by atoms with Gasteiger partial charge in [0.2, 0.25) is 5.95 Å². The largest absolute Gasteiger partial charge is 0.363 e. The van der Waals surface area contributed by atoms with E-state index in [-0.39, 0.29) is 0 Å².